The van der Waals surface area contributed by atoms with Crippen molar-refractivity contribution in [1.29, 1.82) is 0 Å². The van der Waals surface area contributed by atoms with E-state index in [2.05, 4.69) is 5.10 Å². The molecule has 1 aromatic heterocycles. The summed E-state index contributed by atoms with van der Waals surface area (Å²) in [5.41, 5.74) is 2.44. The van der Waals surface area contributed by atoms with Crippen molar-refractivity contribution in [2.45, 2.75) is 26.5 Å². The average molecular weight is 261 g/mol. The van der Waals surface area contributed by atoms with Gasteiger partial charge < -0.3 is 15.2 Å². The molecule has 0 bridgehead atoms. The van der Waals surface area contributed by atoms with Crippen LogP contribution in [0.2, 0.25) is 0 Å². The van der Waals surface area contributed by atoms with E-state index in [0.29, 0.717) is 5.69 Å². The van der Waals surface area contributed by atoms with Crippen LogP contribution in [0.25, 0.3) is 0 Å². The summed E-state index contributed by atoms with van der Waals surface area (Å²) in [6, 6.07) is 8.90. The van der Waals surface area contributed by atoms with E-state index >= 15 is 0 Å². The minimum Gasteiger partial charge on any atom is -0.386 e. The highest BCUT2D eigenvalue weighted by molar-refractivity contribution is 5.28. The molecule has 1 atom stereocenters. The zero-order chi connectivity index (χ0) is 14.0. The molecule has 1 N–H and O–H groups in total. The highest BCUT2D eigenvalue weighted by Crippen LogP contribution is 2.20. The predicted octanol–water partition coefficient (Wildman–Crippen LogP) is 2.14. The van der Waals surface area contributed by atoms with E-state index in [9.17, 15) is 15.2 Å². The molecule has 100 valence electrons. The molecule has 6 nitrogen and oxygen atoms in total. The number of rotatable bonds is 4. The minimum atomic E-state index is -0.737. The molecule has 2 rings (SSSR count). The van der Waals surface area contributed by atoms with Gasteiger partial charge in [-0.1, -0.05) is 24.3 Å². The second-order valence-corrected chi connectivity index (χ2v) is 4.46. The van der Waals surface area contributed by atoms with Gasteiger partial charge in [-0.2, -0.15) is 4.68 Å². The van der Waals surface area contributed by atoms with Crippen LogP contribution >= 0.6 is 0 Å². The molecule has 0 aliphatic carbocycles. The SMILES string of the molecule is Cc1ccccc1[C@@H](O)Cn1nc([N+](=O)[O-])cc1C. The van der Waals surface area contributed by atoms with E-state index < -0.39 is 11.0 Å². The number of aryl methyl sites for hydroxylation is 2. The maximum absolute atomic E-state index is 10.6. The zero-order valence-electron chi connectivity index (χ0n) is 10.8. The van der Waals surface area contributed by atoms with Gasteiger partial charge in [0.25, 0.3) is 0 Å². The fourth-order valence-electron chi connectivity index (χ4n) is 1.99. The Labute approximate surface area is 110 Å². The summed E-state index contributed by atoms with van der Waals surface area (Å²) in [5, 5.41) is 24.7. The van der Waals surface area contributed by atoms with E-state index in [1.807, 2.05) is 31.2 Å². The zero-order valence-corrected chi connectivity index (χ0v) is 10.8. The fourth-order valence-corrected chi connectivity index (χ4v) is 1.99. The van der Waals surface area contributed by atoms with E-state index in [-0.39, 0.29) is 12.4 Å². The Morgan fingerprint density at radius 1 is 1.42 bits per heavy atom. The van der Waals surface area contributed by atoms with Gasteiger partial charge in [0.2, 0.25) is 0 Å². The van der Waals surface area contributed by atoms with Crippen LogP contribution < -0.4 is 0 Å². The first-order valence-electron chi connectivity index (χ1n) is 5.91. The molecule has 6 heteroatoms. The van der Waals surface area contributed by atoms with Crippen molar-refractivity contribution >= 4 is 5.82 Å². The van der Waals surface area contributed by atoms with E-state index in [1.54, 1.807) is 6.92 Å². The average Bonchev–Trinajstić information content (AvgIpc) is 2.71. The fraction of sp³-hybridized carbons (Fsp3) is 0.308. The molecule has 0 radical (unpaired) electrons. The van der Waals surface area contributed by atoms with Crippen LogP contribution in [0.15, 0.2) is 30.3 Å². The third kappa shape index (κ3) is 2.79. The number of nitro groups is 1. The summed E-state index contributed by atoms with van der Waals surface area (Å²) in [6.07, 6.45) is -0.737. The standard InChI is InChI=1S/C13H15N3O3/c1-9-5-3-4-6-11(9)12(17)8-15-10(2)7-13(14-15)16(18)19/h3-7,12,17H,8H2,1-2H3/t12-/m0/s1. The summed E-state index contributed by atoms with van der Waals surface area (Å²) in [6.45, 7) is 3.84. The quantitative estimate of drug-likeness (QED) is 0.675. The predicted molar refractivity (Wildman–Crippen MR) is 69.8 cm³/mol. The number of aliphatic hydroxyl groups excluding tert-OH is 1. The maximum Gasteiger partial charge on any atom is 0.390 e. The largest absolute Gasteiger partial charge is 0.390 e. The third-order valence-corrected chi connectivity index (χ3v) is 3.05. The van der Waals surface area contributed by atoms with Gasteiger partial charge in [0.05, 0.1) is 23.4 Å². The normalized spacial score (nSPS) is 12.4. The highest BCUT2D eigenvalue weighted by atomic mass is 16.6. The topological polar surface area (TPSA) is 81.2 Å². The molecule has 1 aromatic carbocycles. The first-order valence-corrected chi connectivity index (χ1v) is 5.91. The molecule has 0 fully saturated rings. The number of hydrogen-bond donors (Lipinski definition) is 1. The van der Waals surface area contributed by atoms with Crippen LogP contribution in [0.3, 0.4) is 0 Å². The summed E-state index contributed by atoms with van der Waals surface area (Å²) in [4.78, 5) is 10.1. The van der Waals surface area contributed by atoms with E-state index in [4.69, 9.17) is 0 Å². The van der Waals surface area contributed by atoms with Crippen molar-refractivity contribution in [3.8, 4) is 0 Å². The van der Waals surface area contributed by atoms with Crippen LogP contribution in [-0.2, 0) is 6.54 Å². The molecule has 2 aromatic rings. The third-order valence-electron chi connectivity index (χ3n) is 3.05. The van der Waals surface area contributed by atoms with Crippen molar-refractivity contribution in [1.82, 2.24) is 9.78 Å². The van der Waals surface area contributed by atoms with Gasteiger partial charge in [-0.15, -0.1) is 0 Å². The van der Waals surface area contributed by atoms with Crippen molar-refractivity contribution in [2.75, 3.05) is 0 Å². The summed E-state index contributed by atoms with van der Waals surface area (Å²) < 4.78 is 1.45. The van der Waals surface area contributed by atoms with Crippen LogP contribution in [0, 0.1) is 24.0 Å². The molecule has 19 heavy (non-hydrogen) atoms. The van der Waals surface area contributed by atoms with Gasteiger partial charge in [-0.05, 0) is 29.9 Å². The molecule has 1 heterocycles. The Kier molecular flexibility index (Phi) is 3.62. The molecule has 0 spiro atoms. The maximum atomic E-state index is 10.6. The van der Waals surface area contributed by atoms with Gasteiger partial charge >= 0.3 is 5.82 Å². The Morgan fingerprint density at radius 2 is 2.11 bits per heavy atom. The number of nitrogens with zero attached hydrogens (tertiary/aromatic N) is 3. The Morgan fingerprint density at radius 3 is 2.68 bits per heavy atom. The van der Waals surface area contributed by atoms with Crippen molar-refractivity contribution < 1.29 is 10.0 Å². The molecule has 0 unspecified atom stereocenters. The van der Waals surface area contributed by atoms with Crippen molar-refractivity contribution in [3.63, 3.8) is 0 Å². The van der Waals surface area contributed by atoms with E-state index in [1.165, 1.54) is 10.7 Å². The monoisotopic (exact) mass is 261 g/mol. The summed E-state index contributed by atoms with van der Waals surface area (Å²) in [7, 11) is 0. The number of aliphatic hydroxyl groups is 1. The molecule has 0 amide bonds. The van der Waals surface area contributed by atoms with Crippen LogP contribution in [0.4, 0.5) is 5.82 Å². The summed E-state index contributed by atoms with van der Waals surface area (Å²) in [5.74, 6) is -0.200. The molecule has 0 aliphatic rings. The summed E-state index contributed by atoms with van der Waals surface area (Å²) >= 11 is 0. The lowest BCUT2D eigenvalue weighted by atomic mass is 10.0. The van der Waals surface area contributed by atoms with Crippen LogP contribution in [0.5, 0.6) is 0 Å². The molecule has 0 aliphatic heterocycles. The minimum absolute atomic E-state index is 0.199. The Balaban J connectivity index is 2.22. The Bertz CT molecular complexity index is 607. The Hall–Kier alpha value is -2.21. The lowest BCUT2D eigenvalue weighted by Gasteiger charge is -2.12. The van der Waals surface area contributed by atoms with Gasteiger partial charge in [0.15, 0.2) is 0 Å². The number of aromatic nitrogens is 2. The number of hydrogen-bond acceptors (Lipinski definition) is 4. The second kappa shape index (κ2) is 5.19. The van der Waals surface area contributed by atoms with Gasteiger partial charge in [0, 0.05) is 0 Å². The lowest BCUT2D eigenvalue weighted by Crippen LogP contribution is -2.12. The lowest BCUT2D eigenvalue weighted by molar-refractivity contribution is -0.389. The molecule has 0 saturated heterocycles. The smallest absolute Gasteiger partial charge is 0.386 e. The van der Waals surface area contributed by atoms with Crippen LogP contribution in [0.1, 0.15) is 22.9 Å². The van der Waals surface area contributed by atoms with Gasteiger partial charge in [0.1, 0.15) is 6.10 Å². The van der Waals surface area contributed by atoms with Crippen molar-refractivity contribution in [2.24, 2.45) is 0 Å². The van der Waals surface area contributed by atoms with Gasteiger partial charge in [-0.3, -0.25) is 0 Å². The highest BCUT2D eigenvalue weighted by Gasteiger charge is 2.19. The molecular formula is C13H15N3O3. The molecular weight excluding hydrogens is 246 g/mol. The number of benzene rings is 1. The molecule has 0 saturated carbocycles. The van der Waals surface area contributed by atoms with Crippen LogP contribution in [-0.4, -0.2) is 19.8 Å². The van der Waals surface area contributed by atoms with Gasteiger partial charge in [-0.25, -0.2) is 0 Å². The van der Waals surface area contributed by atoms with E-state index in [0.717, 1.165) is 11.1 Å². The second-order valence-electron chi connectivity index (χ2n) is 4.46. The first kappa shape index (κ1) is 13.2. The van der Waals surface area contributed by atoms with Crippen molar-refractivity contribution in [3.05, 3.63) is 57.3 Å². The first-order chi connectivity index (χ1) is 8.99.